The molecule has 2 rings (SSSR count). The van der Waals surface area contributed by atoms with E-state index in [1.165, 1.54) is 30.6 Å². The lowest BCUT2D eigenvalue weighted by Gasteiger charge is -2.27. The van der Waals surface area contributed by atoms with Crippen molar-refractivity contribution in [3.05, 3.63) is 29.8 Å². The van der Waals surface area contributed by atoms with E-state index in [-0.39, 0.29) is 0 Å². The summed E-state index contributed by atoms with van der Waals surface area (Å²) in [6, 6.07) is 9.37. The van der Waals surface area contributed by atoms with Crippen LogP contribution in [0.5, 0.6) is 0 Å². The third kappa shape index (κ3) is 2.81. The molecule has 0 amide bonds. The van der Waals surface area contributed by atoms with E-state index in [1.807, 2.05) is 0 Å². The third-order valence-electron chi connectivity index (χ3n) is 3.51. The first kappa shape index (κ1) is 12.4. The van der Waals surface area contributed by atoms with E-state index in [1.54, 1.807) is 0 Å². The van der Waals surface area contributed by atoms with Gasteiger partial charge in [0.25, 0.3) is 0 Å². The van der Waals surface area contributed by atoms with Gasteiger partial charge in [0.1, 0.15) is 0 Å². The lowest BCUT2D eigenvalue weighted by atomic mass is 10.0. The van der Waals surface area contributed by atoms with Crippen molar-refractivity contribution in [1.29, 1.82) is 0 Å². The summed E-state index contributed by atoms with van der Waals surface area (Å²) < 4.78 is 0. The molecule has 1 heterocycles. The average Bonchev–Trinajstić information content (AvgIpc) is 2.49. The van der Waals surface area contributed by atoms with E-state index in [4.69, 9.17) is 0 Å². The summed E-state index contributed by atoms with van der Waals surface area (Å²) in [6.45, 7) is 6.94. The predicted octanol–water partition coefficient (Wildman–Crippen LogP) is 3.20. The van der Waals surface area contributed by atoms with Crippen LogP contribution in [0.2, 0.25) is 0 Å². The normalized spacial score (nSPS) is 20.2. The summed E-state index contributed by atoms with van der Waals surface area (Å²) in [4.78, 5) is 2.55. The fraction of sp³-hybridized carbons (Fsp3) is 0.600. The van der Waals surface area contributed by atoms with Gasteiger partial charge in [-0.25, -0.2) is 0 Å². The smallest absolute Gasteiger partial charge is 0.0414 e. The van der Waals surface area contributed by atoms with Gasteiger partial charge in [-0.2, -0.15) is 0 Å². The number of benzene rings is 1. The van der Waals surface area contributed by atoms with Crippen LogP contribution in [0.1, 0.15) is 38.3 Å². The second-order valence-corrected chi connectivity index (χ2v) is 5.38. The van der Waals surface area contributed by atoms with Gasteiger partial charge >= 0.3 is 0 Å². The Bertz CT molecular complexity index is 360. The molecule has 1 aliphatic heterocycles. The molecule has 1 atom stereocenters. The zero-order valence-electron chi connectivity index (χ0n) is 11.2. The molecule has 1 aliphatic rings. The number of para-hydroxylation sites is 1. The summed E-state index contributed by atoms with van der Waals surface area (Å²) in [6.07, 6.45) is 2.51. The minimum atomic E-state index is 0.517. The zero-order chi connectivity index (χ0) is 12.3. The van der Waals surface area contributed by atoms with Crippen LogP contribution in [-0.2, 0) is 0 Å². The van der Waals surface area contributed by atoms with Gasteiger partial charge in [-0.05, 0) is 37.4 Å². The van der Waals surface area contributed by atoms with Gasteiger partial charge in [0.15, 0.2) is 0 Å². The standard InChI is InChI=1S/C15H24N2/c1-12(2)11-17-10-6-8-14(16-3)13-7-4-5-9-15(13)17/h4-5,7,9,12,14,16H,6,8,10-11H2,1-3H3. The van der Waals surface area contributed by atoms with Crippen LogP contribution in [0, 0.1) is 5.92 Å². The van der Waals surface area contributed by atoms with Gasteiger partial charge in [0, 0.05) is 24.8 Å². The van der Waals surface area contributed by atoms with Crippen molar-refractivity contribution in [2.24, 2.45) is 5.92 Å². The van der Waals surface area contributed by atoms with Gasteiger partial charge in [0.2, 0.25) is 0 Å². The molecule has 2 nitrogen and oxygen atoms in total. The van der Waals surface area contributed by atoms with Gasteiger partial charge in [0.05, 0.1) is 0 Å². The maximum Gasteiger partial charge on any atom is 0.0414 e. The fourth-order valence-electron chi connectivity index (χ4n) is 2.76. The molecule has 0 saturated carbocycles. The highest BCUT2D eigenvalue weighted by Crippen LogP contribution is 2.32. The maximum atomic E-state index is 3.45. The highest BCUT2D eigenvalue weighted by atomic mass is 15.1. The second kappa shape index (κ2) is 5.54. The summed E-state index contributed by atoms with van der Waals surface area (Å²) in [7, 11) is 2.07. The highest BCUT2D eigenvalue weighted by Gasteiger charge is 2.21. The molecule has 0 bridgehead atoms. The Kier molecular flexibility index (Phi) is 4.06. The molecule has 1 aromatic rings. The van der Waals surface area contributed by atoms with E-state index < -0.39 is 0 Å². The maximum absolute atomic E-state index is 3.45. The van der Waals surface area contributed by atoms with Crippen molar-refractivity contribution in [2.75, 3.05) is 25.0 Å². The molecule has 0 fully saturated rings. The predicted molar refractivity (Wildman–Crippen MR) is 74.5 cm³/mol. The molecule has 2 heteroatoms. The molecule has 0 saturated heterocycles. The number of rotatable bonds is 3. The number of nitrogens with zero attached hydrogens (tertiary/aromatic N) is 1. The monoisotopic (exact) mass is 232 g/mol. The van der Waals surface area contributed by atoms with Crippen LogP contribution in [0.3, 0.4) is 0 Å². The third-order valence-corrected chi connectivity index (χ3v) is 3.51. The Morgan fingerprint density at radius 2 is 2.12 bits per heavy atom. The van der Waals surface area contributed by atoms with E-state index in [0.29, 0.717) is 12.0 Å². The van der Waals surface area contributed by atoms with Crippen molar-refractivity contribution in [2.45, 2.75) is 32.7 Å². The topological polar surface area (TPSA) is 15.3 Å². The number of hydrogen-bond acceptors (Lipinski definition) is 2. The molecule has 94 valence electrons. The van der Waals surface area contributed by atoms with E-state index in [0.717, 1.165) is 6.54 Å². The van der Waals surface area contributed by atoms with Crippen molar-refractivity contribution < 1.29 is 0 Å². The fourth-order valence-corrected chi connectivity index (χ4v) is 2.76. The van der Waals surface area contributed by atoms with Crippen molar-refractivity contribution in [3.8, 4) is 0 Å². The summed E-state index contributed by atoms with van der Waals surface area (Å²) in [5.41, 5.74) is 2.89. The first-order valence-electron chi connectivity index (χ1n) is 6.73. The molecular formula is C15H24N2. The highest BCUT2D eigenvalue weighted by molar-refractivity contribution is 5.55. The molecule has 0 radical (unpaired) electrons. The summed E-state index contributed by atoms with van der Waals surface area (Å²) >= 11 is 0. The largest absolute Gasteiger partial charge is 0.371 e. The number of anilines is 1. The Morgan fingerprint density at radius 1 is 1.35 bits per heavy atom. The van der Waals surface area contributed by atoms with E-state index in [9.17, 15) is 0 Å². The number of hydrogen-bond donors (Lipinski definition) is 1. The van der Waals surface area contributed by atoms with Gasteiger partial charge in [-0.3, -0.25) is 0 Å². The lowest BCUT2D eigenvalue weighted by molar-refractivity contribution is 0.536. The van der Waals surface area contributed by atoms with Crippen LogP contribution in [0.25, 0.3) is 0 Å². The molecule has 1 aromatic carbocycles. The van der Waals surface area contributed by atoms with Crippen LogP contribution in [-0.4, -0.2) is 20.1 Å². The quantitative estimate of drug-likeness (QED) is 0.861. The van der Waals surface area contributed by atoms with Gasteiger partial charge < -0.3 is 10.2 Å². The number of fused-ring (bicyclic) bond motifs is 1. The molecule has 1 unspecified atom stereocenters. The molecule has 0 aliphatic carbocycles. The Hall–Kier alpha value is -1.02. The van der Waals surface area contributed by atoms with Crippen LogP contribution >= 0.6 is 0 Å². The summed E-state index contributed by atoms with van der Waals surface area (Å²) in [5, 5.41) is 3.45. The molecule has 17 heavy (non-hydrogen) atoms. The number of nitrogens with one attached hydrogen (secondary N) is 1. The van der Waals surface area contributed by atoms with Crippen molar-refractivity contribution in [1.82, 2.24) is 5.32 Å². The minimum absolute atomic E-state index is 0.517. The lowest BCUT2D eigenvalue weighted by Crippen LogP contribution is -2.28. The molecule has 0 spiro atoms. The first-order chi connectivity index (χ1) is 8.22. The van der Waals surface area contributed by atoms with Crippen molar-refractivity contribution in [3.63, 3.8) is 0 Å². The van der Waals surface area contributed by atoms with E-state index in [2.05, 4.69) is 55.4 Å². The van der Waals surface area contributed by atoms with Crippen molar-refractivity contribution >= 4 is 5.69 Å². The van der Waals surface area contributed by atoms with Crippen LogP contribution in [0.15, 0.2) is 24.3 Å². The molecule has 1 N–H and O–H groups in total. The van der Waals surface area contributed by atoms with Crippen LogP contribution in [0.4, 0.5) is 5.69 Å². The van der Waals surface area contributed by atoms with Gasteiger partial charge in [-0.15, -0.1) is 0 Å². The minimum Gasteiger partial charge on any atom is -0.371 e. The average molecular weight is 232 g/mol. The van der Waals surface area contributed by atoms with Crippen LogP contribution < -0.4 is 10.2 Å². The van der Waals surface area contributed by atoms with Gasteiger partial charge in [-0.1, -0.05) is 32.0 Å². The molecular weight excluding hydrogens is 208 g/mol. The molecule has 0 aromatic heterocycles. The first-order valence-corrected chi connectivity index (χ1v) is 6.73. The van der Waals surface area contributed by atoms with E-state index >= 15 is 0 Å². The SMILES string of the molecule is CNC1CCCN(CC(C)C)c2ccccc21. The Morgan fingerprint density at radius 3 is 2.82 bits per heavy atom. The second-order valence-electron chi connectivity index (χ2n) is 5.38. The Labute approximate surface area is 105 Å². The Balaban J connectivity index is 2.32. The summed E-state index contributed by atoms with van der Waals surface area (Å²) in [5.74, 6) is 0.717. The zero-order valence-corrected chi connectivity index (χ0v) is 11.2.